The predicted molar refractivity (Wildman–Crippen MR) is 73.8 cm³/mol. The van der Waals surface area contributed by atoms with Crippen LogP contribution in [0.5, 0.6) is 0 Å². The number of hydrogen-bond acceptors (Lipinski definition) is 2. The Morgan fingerprint density at radius 2 is 2.00 bits per heavy atom. The van der Waals surface area contributed by atoms with E-state index in [0.717, 1.165) is 25.0 Å². The van der Waals surface area contributed by atoms with Crippen LogP contribution in [0.4, 0.5) is 0 Å². The standard InChI is InChI=1S/C13H17NO2.C2H6/c1-10-4-6-11(7-5-10)13(15)14-9-12-3-2-8-16-12;1-2/h4-7,12H,2-3,8-9H2,1H3,(H,14,15);1-2H3. The molecule has 1 N–H and O–H groups in total. The summed E-state index contributed by atoms with van der Waals surface area (Å²) >= 11 is 0. The molecule has 1 saturated heterocycles. The number of amides is 1. The molecule has 1 amide bonds. The van der Waals surface area contributed by atoms with Gasteiger partial charge in [-0.15, -0.1) is 0 Å². The van der Waals surface area contributed by atoms with E-state index in [4.69, 9.17) is 4.74 Å². The molecule has 0 aliphatic carbocycles. The van der Waals surface area contributed by atoms with Crippen LogP contribution in [-0.2, 0) is 4.74 Å². The smallest absolute Gasteiger partial charge is 0.251 e. The maximum atomic E-state index is 11.7. The van der Waals surface area contributed by atoms with E-state index in [-0.39, 0.29) is 12.0 Å². The molecule has 0 saturated carbocycles. The average molecular weight is 249 g/mol. The molecule has 1 atom stereocenters. The van der Waals surface area contributed by atoms with E-state index in [1.54, 1.807) is 0 Å². The molecule has 1 heterocycles. The van der Waals surface area contributed by atoms with E-state index in [2.05, 4.69) is 5.32 Å². The fourth-order valence-electron chi connectivity index (χ4n) is 1.82. The van der Waals surface area contributed by atoms with Crippen molar-refractivity contribution >= 4 is 5.91 Å². The Bertz CT molecular complexity index is 353. The monoisotopic (exact) mass is 249 g/mol. The molecule has 0 aromatic heterocycles. The maximum Gasteiger partial charge on any atom is 0.251 e. The highest BCUT2D eigenvalue weighted by molar-refractivity contribution is 5.94. The number of hydrogen-bond donors (Lipinski definition) is 1. The topological polar surface area (TPSA) is 38.3 Å². The van der Waals surface area contributed by atoms with Crippen LogP contribution in [0.15, 0.2) is 24.3 Å². The van der Waals surface area contributed by atoms with Crippen molar-refractivity contribution in [2.75, 3.05) is 13.2 Å². The van der Waals surface area contributed by atoms with Gasteiger partial charge in [-0.25, -0.2) is 0 Å². The molecule has 1 fully saturated rings. The maximum absolute atomic E-state index is 11.7. The van der Waals surface area contributed by atoms with Crippen molar-refractivity contribution in [1.82, 2.24) is 5.32 Å². The van der Waals surface area contributed by atoms with Crippen molar-refractivity contribution in [2.24, 2.45) is 0 Å². The summed E-state index contributed by atoms with van der Waals surface area (Å²) in [5.74, 6) is -0.0181. The molecule has 0 radical (unpaired) electrons. The third-order valence-electron chi connectivity index (χ3n) is 2.83. The van der Waals surface area contributed by atoms with Crippen molar-refractivity contribution in [3.63, 3.8) is 0 Å². The van der Waals surface area contributed by atoms with Gasteiger partial charge < -0.3 is 10.1 Å². The molecule has 2 rings (SSSR count). The van der Waals surface area contributed by atoms with Gasteiger partial charge in [0.1, 0.15) is 0 Å². The Balaban J connectivity index is 0.000000771. The zero-order valence-corrected chi connectivity index (χ0v) is 11.5. The number of carbonyl (C=O) groups excluding carboxylic acids is 1. The van der Waals surface area contributed by atoms with E-state index >= 15 is 0 Å². The van der Waals surface area contributed by atoms with Crippen LogP contribution in [0.1, 0.15) is 42.6 Å². The van der Waals surface area contributed by atoms with Gasteiger partial charge in [0.25, 0.3) is 5.91 Å². The lowest BCUT2D eigenvalue weighted by atomic mass is 10.1. The SMILES string of the molecule is CC.Cc1ccc(C(=O)NCC2CCCO2)cc1. The molecule has 0 bridgehead atoms. The van der Waals surface area contributed by atoms with Crippen LogP contribution < -0.4 is 5.32 Å². The van der Waals surface area contributed by atoms with Crippen LogP contribution in [0, 0.1) is 6.92 Å². The Kier molecular flexibility index (Phi) is 6.44. The van der Waals surface area contributed by atoms with Gasteiger partial charge in [-0.1, -0.05) is 31.5 Å². The predicted octanol–water partition coefficient (Wildman–Crippen LogP) is 2.93. The third kappa shape index (κ3) is 4.49. The Morgan fingerprint density at radius 3 is 2.56 bits per heavy atom. The normalized spacial score (nSPS) is 17.8. The minimum atomic E-state index is -0.0181. The highest BCUT2D eigenvalue weighted by atomic mass is 16.5. The molecule has 1 aliphatic heterocycles. The molecule has 18 heavy (non-hydrogen) atoms. The minimum absolute atomic E-state index is 0.0181. The summed E-state index contributed by atoms with van der Waals surface area (Å²) in [5, 5.41) is 2.90. The van der Waals surface area contributed by atoms with Gasteiger partial charge in [0, 0.05) is 18.7 Å². The van der Waals surface area contributed by atoms with Crippen LogP contribution in [0.25, 0.3) is 0 Å². The Hall–Kier alpha value is -1.35. The lowest BCUT2D eigenvalue weighted by Crippen LogP contribution is -2.31. The van der Waals surface area contributed by atoms with Crippen LogP contribution in [0.2, 0.25) is 0 Å². The first kappa shape index (κ1) is 14.7. The van der Waals surface area contributed by atoms with Crippen molar-refractivity contribution in [2.45, 2.75) is 39.7 Å². The molecule has 1 aromatic rings. The highest BCUT2D eigenvalue weighted by Gasteiger charge is 2.16. The zero-order chi connectivity index (χ0) is 13.4. The number of benzene rings is 1. The van der Waals surface area contributed by atoms with E-state index in [0.29, 0.717) is 12.1 Å². The van der Waals surface area contributed by atoms with Crippen molar-refractivity contribution in [1.29, 1.82) is 0 Å². The molecule has 1 unspecified atom stereocenters. The number of carbonyl (C=O) groups is 1. The first-order chi connectivity index (χ1) is 8.75. The number of ether oxygens (including phenoxy) is 1. The second kappa shape index (κ2) is 7.88. The molecule has 0 spiro atoms. The third-order valence-corrected chi connectivity index (χ3v) is 2.83. The van der Waals surface area contributed by atoms with Gasteiger partial charge in [0.05, 0.1) is 6.10 Å². The summed E-state index contributed by atoms with van der Waals surface area (Å²) in [6.45, 7) is 7.45. The first-order valence-electron chi connectivity index (χ1n) is 6.72. The number of nitrogens with one attached hydrogen (secondary N) is 1. The molecule has 1 aliphatic rings. The average Bonchev–Trinajstić information content (AvgIpc) is 2.92. The van der Waals surface area contributed by atoms with E-state index in [1.165, 1.54) is 0 Å². The summed E-state index contributed by atoms with van der Waals surface area (Å²) in [7, 11) is 0. The molecule has 3 heteroatoms. The largest absolute Gasteiger partial charge is 0.376 e. The Morgan fingerprint density at radius 1 is 1.33 bits per heavy atom. The van der Waals surface area contributed by atoms with E-state index < -0.39 is 0 Å². The second-order valence-electron chi connectivity index (χ2n) is 4.21. The summed E-state index contributed by atoms with van der Waals surface area (Å²) in [6, 6.07) is 7.59. The highest BCUT2D eigenvalue weighted by Crippen LogP contribution is 2.11. The number of aryl methyl sites for hydroxylation is 1. The van der Waals surface area contributed by atoms with E-state index in [9.17, 15) is 4.79 Å². The number of rotatable bonds is 3. The van der Waals surface area contributed by atoms with Gasteiger partial charge >= 0.3 is 0 Å². The quantitative estimate of drug-likeness (QED) is 0.894. The van der Waals surface area contributed by atoms with Crippen LogP contribution in [0.3, 0.4) is 0 Å². The fraction of sp³-hybridized carbons (Fsp3) is 0.533. The zero-order valence-electron chi connectivity index (χ0n) is 11.5. The fourth-order valence-corrected chi connectivity index (χ4v) is 1.82. The van der Waals surface area contributed by atoms with Gasteiger partial charge in [-0.05, 0) is 31.9 Å². The molecular formula is C15H23NO2. The molecule has 1 aromatic carbocycles. The van der Waals surface area contributed by atoms with Crippen LogP contribution in [-0.4, -0.2) is 25.2 Å². The van der Waals surface area contributed by atoms with Gasteiger partial charge in [-0.2, -0.15) is 0 Å². The summed E-state index contributed by atoms with van der Waals surface area (Å²) < 4.78 is 5.44. The Labute approximate surface area is 110 Å². The van der Waals surface area contributed by atoms with Gasteiger partial charge in [0.15, 0.2) is 0 Å². The van der Waals surface area contributed by atoms with Crippen LogP contribution >= 0.6 is 0 Å². The van der Waals surface area contributed by atoms with Gasteiger partial charge in [0.2, 0.25) is 0 Å². The molecule has 100 valence electrons. The van der Waals surface area contributed by atoms with E-state index in [1.807, 2.05) is 45.0 Å². The lowest BCUT2D eigenvalue weighted by Gasteiger charge is -2.10. The summed E-state index contributed by atoms with van der Waals surface area (Å²) in [4.78, 5) is 11.7. The lowest BCUT2D eigenvalue weighted by molar-refractivity contribution is 0.0858. The van der Waals surface area contributed by atoms with Crippen molar-refractivity contribution in [3.05, 3.63) is 35.4 Å². The molecule has 3 nitrogen and oxygen atoms in total. The van der Waals surface area contributed by atoms with Crippen molar-refractivity contribution in [3.8, 4) is 0 Å². The second-order valence-corrected chi connectivity index (χ2v) is 4.21. The summed E-state index contributed by atoms with van der Waals surface area (Å²) in [5.41, 5.74) is 1.87. The first-order valence-corrected chi connectivity index (χ1v) is 6.72. The van der Waals surface area contributed by atoms with Gasteiger partial charge in [-0.3, -0.25) is 4.79 Å². The van der Waals surface area contributed by atoms with Crippen molar-refractivity contribution < 1.29 is 9.53 Å². The minimum Gasteiger partial charge on any atom is -0.376 e. The molecular weight excluding hydrogens is 226 g/mol. The summed E-state index contributed by atoms with van der Waals surface area (Å²) in [6.07, 6.45) is 2.36.